The van der Waals surface area contributed by atoms with Crippen LogP contribution >= 0.6 is 22.9 Å². The number of hydrogen-bond donors (Lipinski definition) is 2. The molecule has 0 saturated carbocycles. The van der Waals surface area contributed by atoms with Gasteiger partial charge in [-0.2, -0.15) is 0 Å². The minimum atomic E-state index is 0.182. The Morgan fingerprint density at radius 3 is 2.58 bits per heavy atom. The molecule has 0 aliphatic carbocycles. The summed E-state index contributed by atoms with van der Waals surface area (Å²) in [4.78, 5) is 1.07. The number of ether oxygens (including phenoxy) is 1. The molecule has 0 bridgehead atoms. The lowest BCUT2D eigenvalue weighted by atomic mass is 10.1. The second-order valence-corrected chi connectivity index (χ2v) is 5.71. The summed E-state index contributed by atoms with van der Waals surface area (Å²) >= 11 is 7.35. The number of oxime groups is 1. The molecular weight excluding hydrogens is 284 g/mol. The highest BCUT2D eigenvalue weighted by Gasteiger charge is 2.01. The zero-order valence-corrected chi connectivity index (χ0v) is 11.6. The third kappa shape index (κ3) is 4.15. The number of benzene rings is 1. The summed E-state index contributed by atoms with van der Waals surface area (Å²) in [5.41, 5.74) is 6.40. The summed E-state index contributed by atoms with van der Waals surface area (Å²) in [6, 6.07) is 11.3. The van der Waals surface area contributed by atoms with Crippen LogP contribution in [0.15, 0.2) is 41.6 Å². The van der Waals surface area contributed by atoms with Crippen molar-refractivity contribution in [3.63, 3.8) is 0 Å². The number of nitrogens with zero attached hydrogens (tertiary/aromatic N) is 1. The van der Waals surface area contributed by atoms with Crippen molar-refractivity contribution in [2.45, 2.75) is 13.0 Å². The predicted octanol–water partition coefficient (Wildman–Crippen LogP) is 3.27. The van der Waals surface area contributed by atoms with E-state index in [9.17, 15) is 0 Å². The minimum absolute atomic E-state index is 0.182. The van der Waals surface area contributed by atoms with Crippen LogP contribution < -0.4 is 10.5 Å². The molecule has 0 saturated heterocycles. The average Bonchev–Trinajstić information content (AvgIpc) is 2.83. The molecule has 0 atom stereocenters. The molecule has 2 rings (SSSR count). The standard InChI is InChI=1S/C13H13ClN2O2S/c14-12-6-5-11(19-12)8-18-10-3-1-9(2-4-10)7-13(15)16-17/h1-6,17H,7-8H2,(H2,15,16). The summed E-state index contributed by atoms with van der Waals surface area (Å²) < 4.78 is 6.39. The maximum atomic E-state index is 8.49. The summed E-state index contributed by atoms with van der Waals surface area (Å²) in [6.07, 6.45) is 0.414. The fourth-order valence-electron chi connectivity index (χ4n) is 1.53. The Balaban J connectivity index is 1.91. The van der Waals surface area contributed by atoms with E-state index in [0.29, 0.717) is 13.0 Å². The van der Waals surface area contributed by atoms with Crippen molar-refractivity contribution >= 4 is 28.8 Å². The van der Waals surface area contributed by atoms with Crippen LogP contribution in [0.25, 0.3) is 0 Å². The summed E-state index contributed by atoms with van der Waals surface area (Å²) in [7, 11) is 0. The van der Waals surface area contributed by atoms with Crippen molar-refractivity contribution in [3.05, 3.63) is 51.2 Å². The molecule has 0 spiro atoms. The Morgan fingerprint density at radius 2 is 2.00 bits per heavy atom. The van der Waals surface area contributed by atoms with E-state index in [4.69, 9.17) is 27.3 Å². The van der Waals surface area contributed by atoms with Crippen molar-refractivity contribution in [3.8, 4) is 5.75 Å². The van der Waals surface area contributed by atoms with Gasteiger partial charge in [0.2, 0.25) is 0 Å². The Morgan fingerprint density at radius 1 is 1.26 bits per heavy atom. The molecule has 3 N–H and O–H groups in total. The quantitative estimate of drug-likeness (QED) is 0.385. The predicted molar refractivity (Wildman–Crippen MR) is 77.2 cm³/mol. The fourth-order valence-corrected chi connectivity index (χ4v) is 2.53. The second-order valence-electron chi connectivity index (χ2n) is 3.91. The van der Waals surface area contributed by atoms with Crippen molar-refractivity contribution < 1.29 is 9.94 Å². The molecule has 0 amide bonds. The molecule has 1 aromatic carbocycles. The molecule has 0 aliphatic rings. The zero-order valence-electron chi connectivity index (χ0n) is 10.0. The van der Waals surface area contributed by atoms with Gasteiger partial charge in [0.25, 0.3) is 0 Å². The second kappa shape index (κ2) is 6.45. The Bertz CT molecular complexity index is 566. The third-order valence-corrected chi connectivity index (χ3v) is 3.65. The monoisotopic (exact) mass is 296 g/mol. The molecular formula is C13H13ClN2O2S. The lowest BCUT2D eigenvalue weighted by Crippen LogP contribution is -2.14. The highest BCUT2D eigenvalue weighted by atomic mass is 35.5. The molecule has 4 nitrogen and oxygen atoms in total. The molecule has 0 fully saturated rings. The maximum Gasteiger partial charge on any atom is 0.143 e. The van der Waals surface area contributed by atoms with Gasteiger partial charge in [-0.05, 0) is 29.8 Å². The van der Waals surface area contributed by atoms with Gasteiger partial charge in [-0.1, -0.05) is 28.9 Å². The highest BCUT2D eigenvalue weighted by Crippen LogP contribution is 2.23. The van der Waals surface area contributed by atoms with Crippen LogP contribution in [0, 0.1) is 0 Å². The summed E-state index contributed by atoms with van der Waals surface area (Å²) in [5.74, 6) is 0.953. The molecule has 0 unspecified atom stereocenters. The normalized spacial score (nSPS) is 11.5. The van der Waals surface area contributed by atoms with Crippen molar-refractivity contribution in [2.24, 2.45) is 10.9 Å². The Kier molecular flexibility index (Phi) is 4.65. The van der Waals surface area contributed by atoms with E-state index < -0.39 is 0 Å². The van der Waals surface area contributed by atoms with Crippen molar-refractivity contribution in [1.29, 1.82) is 0 Å². The van der Waals surface area contributed by atoms with Crippen LogP contribution in [-0.4, -0.2) is 11.0 Å². The lowest BCUT2D eigenvalue weighted by Gasteiger charge is -2.05. The van der Waals surface area contributed by atoms with Gasteiger partial charge in [0.15, 0.2) is 0 Å². The highest BCUT2D eigenvalue weighted by molar-refractivity contribution is 7.16. The first kappa shape index (κ1) is 13.7. The minimum Gasteiger partial charge on any atom is -0.488 e. The van der Waals surface area contributed by atoms with Gasteiger partial charge >= 0.3 is 0 Å². The topological polar surface area (TPSA) is 67.8 Å². The first-order chi connectivity index (χ1) is 9.17. The average molecular weight is 297 g/mol. The molecule has 1 aromatic heterocycles. The molecule has 0 aliphatic heterocycles. The maximum absolute atomic E-state index is 8.49. The number of thiophene rings is 1. The van der Waals surface area contributed by atoms with Gasteiger partial charge in [-0.3, -0.25) is 0 Å². The molecule has 6 heteroatoms. The van der Waals surface area contributed by atoms with E-state index >= 15 is 0 Å². The molecule has 0 radical (unpaired) electrons. The first-order valence-electron chi connectivity index (χ1n) is 5.60. The van der Waals surface area contributed by atoms with E-state index in [1.165, 1.54) is 11.3 Å². The number of halogens is 1. The first-order valence-corrected chi connectivity index (χ1v) is 6.79. The van der Waals surface area contributed by atoms with E-state index in [1.54, 1.807) is 0 Å². The largest absolute Gasteiger partial charge is 0.488 e. The van der Waals surface area contributed by atoms with Crippen LogP contribution in [-0.2, 0) is 13.0 Å². The number of rotatable bonds is 5. The molecule has 2 aromatic rings. The van der Waals surface area contributed by atoms with E-state index in [1.807, 2.05) is 36.4 Å². The number of nitrogens with two attached hydrogens (primary N) is 1. The van der Waals surface area contributed by atoms with Gasteiger partial charge in [-0.15, -0.1) is 11.3 Å². The van der Waals surface area contributed by atoms with Crippen molar-refractivity contribution in [2.75, 3.05) is 0 Å². The van der Waals surface area contributed by atoms with Gasteiger partial charge < -0.3 is 15.7 Å². The van der Waals surface area contributed by atoms with Gasteiger partial charge in [0, 0.05) is 11.3 Å². The SMILES string of the molecule is N/C(Cc1ccc(OCc2ccc(Cl)s2)cc1)=N\O. The van der Waals surface area contributed by atoms with E-state index in [0.717, 1.165) is 20.5 Å². The van der Waals surface area contributed by atoms with Crippen LogP contribution in [0.4, 0.5) is 0 Å². The van der Waals surface area contributed by atoms with Gasteiger partial charge in [0.1, 0.15) is 18.2 Å². The Hall–Kier alpha value is -1.72. The molecule has 100 valence electrons. The molecule has 1 heterocycles. The summed E-state index contributed by atoms with van der Waals surface area (Å²) in [5, 5.41) is 11.4. The van der Waals surface area contributed by atoms with Crippen LogP contribution in [0.1, 0.15) is 10.4 Å². The van der Waals surface area contributed by atoms with Crippen LogP contribution in [0.5, 0.6) is 5.75 Å². The zero-order chi connectivity index (χ0) is 13.7. The van der Waals surface area contributed by atoms with E-state index in [-0.39, 0.29) is 5.84 Å². The Labute approximate surface area is 120 Å². The summed E-state index contributed by atoms with van der Waals surface area (Å²) in [6.45, 7) is 0.497. The smallest absolute Gasteiger partial charge is 0.143 e. The van der Waals surface area contributed by atoms with Gasteiger partial charge in [-0.25, -0.2) is 0 Å². The number of amidine groups is 1. The van der Waals surface area contributed by atoms with E-state index in [2.05, 4.69) is 5.16 Å². The van der Waals surface area contributed by atoms with Gasteiger partial charge in [0.05, 0.1) is 4.34 Å². The van der Waals surface area contributed by atoms with Crippen LogP contribution in [0.3, 0.4) is 0 Å². The third-order valence-electron chi connectivity index (χ3n) is 2.45. The molecule has 19 heavy (non-hydrogen) atoms. The van der Waals surface area contributed by atoms with Crippen LogP contribution in [0.2, 0.25) is 4.34 Å². The fraction of sp³-hybridized carbons (Fsp3) is 0.154. The van der Waals surface area contributed by atoms with Crippen molar-refractivity contribution in [1.82, 2.24) is 0 Å². The number of hydrogen-bond acceptors (Lipinski definition) is 4. The lowest BCUT2D eigenvalue weighted by molar-refractivity contribution is 0.310.